The van der Waals surface area contributed by atoms with Crippen molar-refractivity contribution in [3.63, 3.8) is 0 Å². The molecule has 2 atom stereocenters. The van der Waals surface area contributed by atoms with Crippen LogP contribution in [-0.2, 0) is 43.9 Å². The minimum atomic E-state index is -4.45. The number of halogens is 2. The zero-order valence-corrected chi connectivity index (χ0v) is 39.1. The molecule has 0 radical (unpaired) electrons. The third-order valence-electron chi connectivity index (χ3n) is 9.81. The van der Waals surface area contributed by atoms with Crippen molar-refractivity contribution in [2.24, 2.45) is 0 Å². The average molecular weight is 902 g/mol. The molecule has 0 aliphatic carbocycles. The van der Waals surface area contributed by atoms with E-state index >= 15 is 0 Å². The zero-order chi connectivity index (χ0) is 44.1. The van der Waals surface area contributed by atoms with Crippen LogP contribution in [0.25, 0.3) is 0 Å². The van der Waals surface area contributed by atoms with Gasteiger partial charge < -0.3 is 29.5 Å². The molecule has 12 nitrogen and oxygen atoms in total. The topological polar surface area (TPSA) is 149 Å². The first-order valence-corrected chi connectivity index (χ1v) is 24.3. The number of quaternary nitrogens is 1. The van der Waals surface area contributed by atoms with Crippen LogP contribution in [0.4, 0.5) is 11.4 Å². The first kappa shape index (κ1) is 53.4. The van der Waals surface area contributed by atoms with E-state index < -0.39 is 32.5 Å². The Morgan fingerprint density at radius 1 is 0.733 bits per heavy atom. The van der Waals surface area contributed by atoms with E-state index in [1.54, 1.807) is 18.2 Å². The van der Waals surface area contributed by atoms with Gasteiger partial charge in [0.25, 0.3) is 0 Å². The normalized spacial score (nSPS) is 13.1. The molecule has 0 heterocycles. The second-order valence-electron chi connectivity index (χ2n) is 16.5. The van der Waals surface area contributed by atoms with Crippen molar-refractivity contribution in [2.45, 2.75) is 141 Å². The van der Waals surface area contributed by atoms with Gasteiger partial charge in [0.2, 0.25) is 5.91 Å². The number of rotatable bonds is 35. The van der Waals surface area contributed by atoms with Crippen molar-refractivity contribution in [1.29, 1.82) is 0 Å². The quantitative estimate of drug-likeness (QED) is 0.0264. The van der Waals surface area contributed by atoms with Crippen LogP contribution in [-0.4, -0.2) is 87.4 Å². The summed E-state index contributed by atoms with van der Waals surface area (Å²) in [7, 11) is 1.31. The van der Waals surface area contributed by atoms with Crippen LogP contribution in [0, 0.1) is 0 Å². The Kier molecular flexibility index (Phi) is 27.8. The minimum absolute atomic E-state index is 0.0188. The second-order valence-corrected chi connectivity index (χ2v) is 18.8. The fourth-order valence-electron chi connectivity index (χ4n) is 6.29. The number of ether oxygens (including phenoxy) is 2. The molecule has 60 heavy (non-hydrogen) atoms. The Labute approximate surface area is 369 Å². The average Bonchev–Trinajstić information content (AvgIpc) is 3.18. The van der Waals surface area contributed by atoms with Crippen LogP contribution < -0.4 is 10.6 Å². The van der Waals surface area contributed by atoms with Gasteiger partial charge in [-0.25, -0.2) is 4.57 Å². The second kappa shape index (κ2) is 31.2. The largest absolute Gasteiger partial charge is 0.472 e. The number of nitrogens with zero attached hydrogens (tertiary/aromatic N) is 1. The predicted octanol–water partition coefficient (Wildman–Crippen LogP) is 11.1. The van der Waals surface area contributed by atoms with E-state index in [2.05, 4.69) is 17.6 Å². The molecule has 3 N–H and O–H groups in total. The SMILES string of the molecule is CCCCCCCCCCCCCCCCCC(=O)OCC(COP(=O)(O)OCC[N+](C)(C)C)OC(=O)CCCCNC(=O)Cc1cccc(Nc2c(Cl)cccc2Cl)c1. The Balaban J connectivity index is 1.71. The number of anilines is 2. The fourth-order valence-corrected chi connectivity index (χ4v) is 7.53. The number of benzene rings is 2. The highest BCUT2D eigenvalue weighted by atomic mass is 35.5. The molecule has 0 aliphatic heterocycles. The molecule has 15 heteroatoms. The van der Waals surface area contributed by atoms with E-state index in [1.807, 2.05) is 45.4 Å². The van der Waals surface area contributed by atoms with Gasteiger partial charge in [-0.15, -0.1) is 0 Å². The molecule has 2 aromatic rings. The number of phosphoric ester groups is 1. The molecule has 0 aromatic heterocycles. The molecule has 0 fully saturated rings. The van der Waals surface area contributed by atoms with Crippen LogP contribution in [0.3, 0.4) is 0 Å². The Hall–Kier alpha value is -2.70. The summed E-state index contributed by atoms with van der Waals surface area (Å²) in [5, 5.41) is 7.03. The van der Waals surface area contributed by atoms with Gasteiger partial charge in [0.1, 0.15) is 19.8 Å². The highest BCUT2D eigenvalue weighted by molar-refractivity contribution is 7.47. The van der Waals surface area contributed by atoms with Crippen LogP contribution >= 0.6 is 31.0 Å². The summed E-state index contributed by atoms with van der Waals surface area (Å²) in [6.07, 6.45) is 18.6. The van der Waals surface area contributed by atoms with Crippen molar-refractivity contribution in [2.75, 3.05) is 59.4 Å². The van der Waals surface area contributed by atoms with Gasteiger partial charge in [0, 0.05) is 25.1 Å². The van der Waals surface area contributed by atoms with Crippen LogP contribution in [0.5, 0.6) is 0 Å². The third-order valence-corrected chi connectivity index (χ3v) is 11.4. The first-order chi connectivity index (χ1) is 28.7. The summed E-state index contributed by atoms with van der Waals surface area (Å²) in [6, 6.07) is 12.6. The Morgan fingerprint density at radius 3 is 1.88 bits per heavy atom. The van der Waals surface area contributed by atoms with Gasteiger partial charge in [-0.05, 0) is 49.1 Å². The lowest BCUT2D eigenvalue weighted by Crippen LogP contribution is -2.37. The molecule has 0 saturated carbocycles. The summed E-state index contributed by atoms with van der Waals surface area (Å²) in [5.41, 5.74) is 2.11. The number of amides is 1. The summed E-state index contributed by atoms with van der Waals surface area (Å²) < 4.78 is 34.2. The first-order valence-electron chi connectivity index (χ1n) is 22.0. The maximum absolute atomic E-state index is 12.8. The van der Waals surface area contributed by atoms with Gasteiger partial charge >= 0.3 is 19.8 Å². The van der Waals surface area contributed by atoms with Gasteiger partial charge in [-0.3, -0.25) is 23.4 Å². The molecule has 340 valence electrons. The number of carbonyl (C=O) groups excluding carboxylic acids is 3. The van der Waals surface area contributed by atoms with Crippen LogP contribution in [0.1, 0.15) is 134 Å². The highest BCUT2D eigenvalue weighted by Gasteiger charge is 2.27. The maximum atomic E-state index is 12.8. The van der Waals surface area contributed by atoms with E-state index in [1.165, 1.54) is 70.6 Å². The van der Waals surface area contributed by atoms with E-state index in [0.717, 1.165) is 30.5 Å². The van der Waals surface area contributed by atoms with Crippen molar-refractivity contribution >= 4 is 60.2 Å². The molecule has 0 spiro atoms. The number of esters is 2. The van der Waals surface area contributed by atoms with Crippen molar-refractivity contribution in [3.05, 3.63) is 58.1 Å². The molecule has 0 aliphatic rings. The highest BCUT2D eigenvalue weighted by Crippen LogP contribution is 2.43. The lowest BCUT2D eigenvalue weighted by atomic mass is 10.0. The predicted molar refractivity (Wildman–Crippen MR) is 242 cm³/mol. The van der Waals surface area contributed by atoms with Crippen LogP contribution in [0.15, 0.2) is 42.5 Å². The number of hydrogen-bond donors (Lipinski definition) is 3. The lowest BCUT2D eigenvalue weighted by Gasteiger charge is -2.24. The standard InChI is InChI=1S/C45H72Cl2N3O9P/c1-5-6-7-8-9-10-11-12-13-14-15-16-17-18-19-28-43(52)56-35-39(36-58-60(54,55)57-32-31-50(2,3)4)59-44(53)29-20-21-30-48-42(51)34-37-24-22-25-38(33-37)49-45-40(46)26-23-27-41(45)47/h22-27,33,39,49H,5-21,28-32,34-36H2,1-4H3,(H-,48,51,54,55)/p+1. The molecular formula is C45H73Cl2N3O9P+. The molecule has 0 saturated heterocycles. The number of unbranched alkanes of at least 4 members (excludes halogenated alkanes) is 15. The molecule has 2 aromatic carbocycles. The number of hydrogen-bond acceptors (Lipinski definition) is 9. The summed E-state index contributed by atoms with van der Waals surface area (Å²) >= 11 is 12.6. The maximum Gasteiger partial charge on any atom is 0.472 e. The number of carbonyl (C=O) groups is 3. The van der Waals surface area contributed by atoms with E-state index in [9.17, 15) is 23.8 Å². The number of para-hydroxylation sites is 1. The third kappa shape index (κ3) is 27.3. The van der Waals surface area contributed by atoms with Gasteiger partial charge in [-0.1, -0.05) is 138 Å². The van der Waals surface area contributed by atoms with Gasteiger partial charge in [-0.2, -0.15) is 0 Å². The number of likely N-dealkylation sites (N-methyl/N-ethyl adjacent to an activating group) is 1. The van der Waals surface area contributed by atoms with Crippen molar-refractivity contribution < 1.29 is 46.8 Å². The van der Waals surface area contributed by atoms with Crippen LogP contribution in [0.2, 0.25) is 10.0 Å². The Bertz CT molecular complexity index is 1560. The van der Waals surface area contributed by atoms with Crippen molar-refractivity contribution in [3.8, 4) is 0 Å². The lowest BCUT2D eigenvalue weighted by molar-refractivity contribution is -0.870. The molecule has 0 bridgehead atoms. The van der Waals surface area contributed by atoms with Gasteiger partial charge in [0.05, 0.1) is 49.9 Å². The van der Waals surface area contributed by atoms with Crippen molar-refractivity contribution in [1.82, 2.24) is 5.32 Å². The summed E-state index contributed by atoms with van der Waals surface area (Å²) in [4.78, 5) is 48.2. The van der Waals surface area contributed by atoms with E-state index in [0.29, 0.717) is 52.6 Å². The fraction of sp³-hybridized carbons (Fsp3) is 0.667. The monoisotopic (exact) mass is 900 g/mol. The Morgan fingerprint density at radius 2 is 1.28 bits per heavy atom. The molecule has 2 unspecified atom stereocenters. The van der Waals surface area contributed by atoms with E-state index in [4.69, 9.17) is 41.7 Å². The van der Waals surface area contributed by atoms with Gasteiger partial charge in [0.15, 0.2) is 6.10 Å². The number of nitrogens with one attached hydrogen (secondary N) is 2. The number of phosphoric acid groups is 1. The molecule has 2 rings (SSSR count). The zero-order valence-electron chi connectivity index (χ0n) is 36.7. The summed E-state index contributed by atoms with van der Waals surface area (Å²) in [6.45, 7) is 2.24. The minimum Gasteiger partial charge on any atom is -0.462 e. The smallest absolute Gasteiger partial charge is 0.462 e. The molecule has 1 amide bonds. The molecular weight excluding hydrogens is 828 g/mol. The summed E-state index contributed by atoms with van der Waals surface area (Å²) in [5.74, 6) is -1.19. The van der Waals surface area contributed by atoms with E-state index in [-0.39, 0.29) is 38.4 Å².